The number of carbonyl (C=O) groups is 1. The molecule has 7 heteroatoms. The van der Waals surface area contributed by atoms with Crippen molar-refractivity contribution in [3.63, 3.8) is 0 Å². The summed E-state index contributed by atoms with van der Waals surface area (Å²) in [6.45, 7) is 8.58. The summed E-state index contributed by atoms with van der Waals surface area (Å²) in [6.07, 6.45) is 1.65. The monoisotopic (exact) mass is 355 g/mol. The van der Waals surface area contributed by atoms with E-state index in [-0.39, 0.29) is 12.0 Å². The van der Waals surface area contributed by atoms with E-state index in [2.05, 4.69) is 20.2 Å². The van der Waals surface area contributed by atoms with Crippen LogP contribution in [0.3, 0.4) is 0 Å². The predicted molar refractivity (Wildman–Crippen MR) is 102 cm³/mol. The Morgan fingerprint density at radius 1 is 1.15 bits per heavy atom. The Bertz CT molecular complexity index is 757. The molecule has 1 aliphatic heterocycles. The van der Waals surface area contributed by atoms with Crippen molar-refractivity contribution in [3.8, 4) is 5.75 Å². The number of amides is 1. The van der Waals surface area contributed by atoms with Crippen LogP contribution in [0, 0.1) is 0 Å². The SMILES string of the molecule is CC(=O)N1CCN(c2cc(Nc3ccccc3OC(C)C)ncn2)CC1. The molecule has 0 saturated carbocycles. The molecule has 0 atom stereocenters. The molecule has 138 valence electrons. The van der Waals surface area contributed by atoms with E-state index in [9.17, 15) is 4.79 Å². The summed E-state index contributed by atoms with van der Waals surface area (Å²) < 4.78 is 5.84. The summed E-state index contributed by atoms with van der Waals surface area (Å²) in [4.78, 5) is 24.2. The number of nitrogens with zero attached hydrogens (tertiary/aromatic N) is 4. The van der Waals surface area contributed by atoms with Gasteiger partial charge in [-0.2, -0.15) is 0 Å². The number of anilines is 3. The summed E-state index contributed by atoms with van der Waals surface area (Å²) in [7, 11) is 0. The second-order valence-corrected chi connectivity index (χ2v) is 6.54. The van der Waals surface area contributed by atoms with Crippen LogP contribution in [-0.2, 0) is 4.79 Å². The van der Waals surface area contributed by atoms with Crippen LogP contribution >= 0.6 is 0 Å². The third-order valence-electron chi connectivity index (χ3n) is 4.21. The summed E-state index contributed by atoms with van der Waals surface area (Å²) >= 11 is 0. The molecule has 1 N–H and O–H groups in total. The highest BCUT2D eigenvalue weighted by Gasteiger charge is 2.20. The first-order valence-electron chi connectivity index (χ1n) is 8.88. The second kappa shape index (κ2) is 8.03. The standard InChI is InChI=1S/C19H25N5O2/c1-14(2)26-17-7-5-4-6-16(17)22-18-12-19(21-13-20-18)24-10-8-23(9-11-24)15(3)25/h4-7,12-14H,8-11H2,1-3H3,(H,20,21,22). The van der Waals surface area contributed by atoms with Crippen molar-refractivity contribution in [2.45, 2.75) is 26.9 Å². The number of rotatable bonds is 5. The number of carbonyl (C=O) groups excluding carboxylic acids is 1. The molecular weight excluding hydrogens is 330 g/mol. The molecule has 1 aliphatic rings. The van der Waals surface area contributed by atoms with Gasteiger partial charge in [-0.1, -0.05) is 12.1 Å². The number of para-hydroxylation sites is 2. The highest BCUT2D eigenvalue weighted by molar-refractivity contribution is 5.73. The molecule has 0 aliphatic carbocycles. The molecule has 1 aromatic carbocycles. The second-order valence-electron chi connectivity index (χ2n) is 6.54. The van der Waals surface area contributed by atoms with Crippen LogP contribution in [-0.4, -0.2) is 53.1 Å². The quantitative estimate of drug-likeness (QED) is 0.889. The molecule has 1 amide bonds. The van der Waals surface area contributed by atoms with Gasteiger partial charge in [0.2, 0.25) is 5.91 Å². The molecule has 0 spiro atoms. The van der Waals surface area contributed by atoms with E-state index in [1.807, 2.05) is 49.1 Å². The maximum absolute atomic E-state index is 11.5. The van der Waals surface area contributed by atoms with Gasteiger partial charge in [-0.3, -0.25) is 4.79 Å². The first kappa shape index (κ1) is 18.0. The molecular formula is C19H25N5O2. The van der Waals surface area contributed by atoms with Gasteiger partial charge >= 0.3 is 0 Å². The van der Waals surface area contributed by atoms with Gasteiger partial charge in [-0.15, -0.1) is 0 Å². The Morgan fingerprint density at radius 3 is 2.58 bits per heavy atom. The third kappa shape index (κ3) is 4.41. The molecule has 1 saturated heterocycles. The van der Waals surface area contributed by atoms with Crippen LogP contribution in [0.2, 0.25) is 0 Å². The molecule has 0 radical (unpaired) electrons. The van der Waals surface area contributed by atoms with E-state index in [0.717, 1.165) is 30.3 Å². The zero-order valence-corrected chi connectivity index (χ0v) is 15.5. The van der Waals surface area contributed by atoms with Crippen LogP contribution in [0.1, 0.15) is 20.8 Å². The van der Waals surface area contributed by atoms with Crippen molar-refractivity contribution in [1.82, 2.24) is 14.9 Å². The van der Waals surface area contributed by atoms with Crippen LogP contribution in [0.25, 0.3) is 0 Å². The number of piperazine rings is 1. The third-order valence-corrected chi connectivity index (χ3v) is 4.21. The summed E-state index contributed by atoms with van der Waals surface area (Å²) in [5, 5.41) is 3.32. The zero-order valence-electron chi connectivity index (χ0n) is 15.5. The van der Waals surface area contributed by atoms with E-state index in [1.165, 1.54) is 0 Å². The molecule has 1 aromatic heterocycles. The van der Waals surface area contributed by atoms with Crippen LogP contribution in [0.15, 0.2) is 36.7 Å². The number of hydrogen-bond donors (Lipinski definition) is 1. The molecule has 3 rings (SSSR count). The molecule has 0 unspecified atom stereocenters. The predicted octanol–water partition coefficient (Wildman–Crippen LogP) is 2.68. The van der Waals surface area contributed by atoms with Gasteiger partial charge in [-0.05, 0) is 26.0 Å². The van der Waals surface area contributed by atoms with Gasteiger partial charge in [0.15, 0.2) is 0 Å². The Labute approximate surface area is 154 Å². The Kier molecular flexibility index (Phi) is 5.55. The smallest absolute Gasteiger partial charge is 0.219 e. The van der Waals surface area contributed by atoms with E-state index in [4.69, 9.17) is 4.74 Å². The van der Waals surface area contributed by atoms with E-state index in [1.54, 1.807) is 13.3 Å². The van der Waals surface area contributed by atoms with Gasteiger partial charge in [0.1, 0.15) is 23.7 Å². The van der Waals surface area contributed by atoms with Crippen LogP contribution in [0.5, 0.6) is 5.75 Å². The normalized spacial score (nSPS) is 14.5. The topological polar surface area (TPSA) is 70.6 Å². The largest absolute Gasteiger partial charge is 0.489 e. The Balaban J connectivity index is 1.72. The van der Waals surface area contributed by atoms with Gasteiger partial charge in [0.05, 0.1) is 11.8 Å². The zero-order chi connectivity index (χ0) is 18.5. The van der Waals surface area contributed by atoms with Gasteiger partial charge < -0.3 is 19.9 Å². The van der Waals surface area contributed by atoms with E-state index in [0.29, 0.717) is 18.9 Å². The molecule has 0 bridgehead atoms. The van der Waals surface area contributed by atoms with Crippen molar-refractivity contribution in [2.24, 2.45) is 0 Å². The summed E-state index contributed by atoms with van der Waals surface area (Å²) in [6, 6.07) is 9.73. The number of nitrogens with one attached hydrogen (secondary N) is 1. The van der Waals surface area contributed by atoms with Crippen LogP contribution < -0.4 is 15.0 Å². The maximum Gasteiger partial charge on any atom is 0.219 e. The number of hydrogen-bond acceptors (Lipinski definition) is 6. The van der Waals surface area contributed by atoms with E-state index >= 15 is 0 Å². The molecule has 1 fully saturated rings. The van der Waals surface area contributed by atoms with E-state index < -0.39 is 0 Å². The minimum atomic E-state index is 0.0940. The van der Waals surface area contributed by atoms with Crippen molar-refractivity contribution in [1.29, 1.82) is 0 Å². The Hall–Kier alpha value is -2.83. The highest BCUT2D eigenvalue weighted by atomic mass is 16.5. The highest BCUT2D eigenvalue weighted by Crippen LogP contribution is 2.28. The minimum absolute atomic E-state index is 0.0940. The van der Waals surface area contributed by atoms with Crippen molar-refractivity contribution in [2.75, 3.05) is 36.4 Å². The van der Waals surface area contributed by atoms with Crippen LogP contribution in [0.4, 0.5) is 17.3 Å². The molecule has 26 heavy (non-hydrogen) atoms. The fourth-order valence-corrected chi connectivity index (χ4v) is 2.90. The van der Waals surface area contributed by atoms with Crippen molar-refractivity contribution >= 4 is 23.2 Å². The lowest BCUT2D eigenvalue weighted by Crippen LogP contribution is -2.48. The lowest BCUT2D eigenvalue weighted by atomic mass is 10.2. The number of benzene rings is 1. The number of aromatic nitrogens is 2. The molecule has 7 nitrogen and oxygen atoms in total. The molecule has 2 heterocycles. The maximum atomic E-state index is 11.5. The minimum Gasteiger partial charge on any atom is -0.489 e. The van der Waals surface area contributed by atoms with Crippen molar-refractivity contribution in [3.05, 3.63) is 36.7 Å². The fraction of sp³-hybridized carbons (Fsp3) is 0.421. The lowest BCUT2D eigenvalue weighted by Gasteiger charge is -2.34. The molecule has 2 aromatic rings. The van der Waals surface area contributed by atoms with Gasteiger partial charge in [-0.25, -0.2) is 9.97 Å². The first-order valence-corrected chi connectivity index (χ1v) is 8.88. The average Bonchev–Trinajstić information content (AvgIpc) is 2.63. The van der Waals surface area contributed by atoms with Gasteiger partial charge in [0.25, 0.3) is 0 Å². The van der Waals surface area contributed by atoms with Gasteiger partial charge in [0, 0.05) is 39.2 Å². The number of ether oxygens (including phenoxy) is 1. The summed E-state index contributed by atoms with van der Waals surface area (Å²) in [5.41, 5.74) is 0.868. The first-order chi connectivity index (χ1) is 12.5. The fourth-order valence-electron chi connectivity index (χ4n) is 2.90. The summed E-state index contributed by atoms with van der Waals surface area (Å²) in [5.74, 6) is 2.48. The average molecular weight is 355 g/mol. The Morgan fingerprint density at radius 2 is 1.88 bits per heavy atom. The van der Waals surface area contributed by atoms with Crippen molar-refractivity contribution < 1.29 is 9.53 Å². The lowest BCUT2D eigenvalue weighted by molar-refractivity contribution is -0.129.